The van der Waals surface area contributed by atoms with Crippen LogP contribution in [0, 0.1) is 5.82 Å². The first-order valence-electron chi connectivity index (χ1n) is 7.40. The Kier molecular flexibility index (Phi) is 4.11. The van der Waals surface area contributed by atoms with Crippen molar-refractivity contribution in [1.82, 2.24) is 14.5 Å². The van der Waals surface area contributed by atoms with E-state index in [0.29, 0.717) is 18.2 Å². The number of aryl methyl sites for hydroxylation is 1. The molecule has 0 aliphatic heterocycles. The zero-order valence-corrected chi connectivity index (χ0v) is 13.8. The summed E-state index contributed by atoms with van der Waals surface area (Å²) in [6.07, 6.45) is 4.16. The number of nitrogens with one attached hydrogen (secondary N) is 2. The van der Waals surface area contributed by atoms with Crippen LogP contribution in [0.5, 0.6) is 0 Å². The third-order valence-electron chi connectivity index (χ3n) is 4.00. The van der Waals surface area contributed by atoms with Crippen LogP contribution in [0.25, 0.3) is 0 Å². The SMILES string of the molecule is CNS(=O)(=O)c1cc(NCc2cnn(C)c2C2CC2)ccc1F. The Morgan fingerprint density at radius 3 is 2.78 bits per heavy atom. The van der Waals surface area contributed by atoms with Crippen LogP contribution >= 0.6 is 0 Å². The minimum atomic E-state index is -3.82. The van der Waals surface area contributed by atoms with Crippen molar-refractivity contribution < 1.29 is 12.8 Å². The molecular formula is C15H19FN4O2S. The van der Waals surface area contributed by atoms with Gasteiger partial charge in [-0.15, -0.1) is 0 Å². The zero-order valence-electron chi connectivity index (χ0n) is 13.0. The van der Waals surface area contributed by atoms with Crippen molar-refractivity contribution in [2.75, 3.05) is 12.4 Å². The first kappa shape index (κ1) is 15.9. The Balaban J connectivity index is 1.80. The molecule has 3 rings (SSSR count). The van der Waals surface area contributed by atoms with Crippen LogP contribution in [0.1, 0.15) is 30.0 Å². The number of nitrogens with zero attached hydrogens (tertiary/aromatic N) is 2. The van der Waals surface area contributed by atoms with Crippen molar-refractivity contribution in [2.45, 2.75) is 30.2 Å². The van der Waals surface area contributed by atoms with E-state index in [1.54, 1.807) is 0 Å². The van der Waals surface area contributed by atoms with Gasteiger partial charge in [0.2, 0.25) is 10.0 Å². The Bertz CT molecular complexity index is 828. The largest absolute Gasteiger partial charge is 0.381 e. The van der Waals surface area contributed by atoms with Gasteiger partial charge in [0.15, 0.2) is 0 Å². The number of benzene rings is 1. The molecule has 8 heteroatoms. The van der Waals surface area contributed by atoms with Gasteiger partial charge >= 0.3 is 0 Å². The summed E-state index contributed by atoms with van der Waals surface area (Å²) in [6.45, 7) is 0.518. The predicted octanol–water partition coefficient (Wildman–Crippen LogP) is 1.96. The average Bonchev–Trinajstić information content (AvgIpc) is 3.29. The molecule has 1 aromatic carbocycles. The summed E-state index contributed by atoms with van der Waals surface area (Å²) in [7, 11) is -0.644. The number of halogens is 1. The zero-order chi connectivity index (χ0) is 16.6. The highest BCUT2D eigenvalue weighted by Gasteiger charge is 2.29. The predicted molar refractivity (Wildman–Crippen MR) is 85.2 cm³/mol. The normalized spacial score (nSPS) is 14.9. The number of hydrogen-bond acceptors (Lipinski definition) is 4. The van der Waals surface area contributed by atoms with Crippen molar-refractivity contribution in [1.29, 1.82) is 0 Å². The highest BCUT2D eigenvalue weighted by Crippen LogP contribution is 2.41. The standard InChI is InChI=1S/C15H19FN4O2S/c1-17-23(21,22)14-7-12(5-6-13(14)16)18-8-11-9-19-20(2)15(11)10-3-4-10/h5-7,9-10,17-18H,3-4,8H2,1-2H3. The van der Waals surface area contributed by atoms with Crippen LogP contribution in [0.4, 0.5) is 10.1 Å². The van der Waals surface area contributed by atoms with Crippen LogP contribution in [-0.4, -0.2) is 25.2 Å². The van der Waals surface area contributed by atoms with Gasteiger partial charge in [-0.25, -0.2) is 17.5 Å². The molecule has 1 fully saturated rings. The summed E-state index contributed by atoms with van der Waals surface area (Å²) in [5, 5.41) is 7.43. The van der Waals surface area contributed by atoms with Gasteiger partial charge in [0.05, 0.1) is 6.20 Å². The number of sulfonamides is 1. The number of anilines is 1. The van der Waals surface area contributed by atoms with E-state index in [1.807, 2.05) is 17.9 Å². The molecule has 6 nitrogen and oxygen atoms in total. The lowest BCUT2D eigenvalue weighted by molar-refractivity contribution is 0.561. The lowest BCUT2D eigenvalue weighted by Crippen LogP contribution is -2.20. The van der Waals surface area contributed by atoms with Crippen molar-refractivity contribution in [2.24, 2.45) is 7.05 Å². The van der Waals surface area contributed by atoms with Crippen molar-refractivity contribution >= 4 is 15.7 Å². The van der Waals surface area contributed by atoms with E-state index in [4.69, 9.17) is 0 Å². The van der Waals surface area contributed by atoms with Gasteiger partial charge in [-0.3, -0.25) is 4.68 Å². The summed E-state index contributed by atoms with van der Waals surface area (Å²) in [5.74, 6) is -0.210. The number of aromatic nitrogens is 2. The van der Waals surface area contributed by atoms with Gasteiger partial charge in [-0.1, -0.05) is 0 Å². The second-order valence-electron chi connectivity index (χ2n) is 5.66. The monoisotopic (exact) mass is 338 g/mol. The lowest BCUT2D eigenvalue weighted by Gasteiger charge is -2.10. The molecule has 1 aliphatic carbocycles. The first-order valence-corrected chi connectivity index (χ1v) is 8.88. The molecule has 1 aromatic heterocycles. The Morgan fingerprint density at radius 2 is 2.13 bits per heavy atom. The fourth-order valence-corrected chi connectivity index (χ4v) is 3.47. The Morgan fingerprint density at radius 1 is 1.39 bits per heavy atom. The van der Waals surface area contributed by atoms with Gasteiger partial charge in [0, 0.05) is 36.5 Å². The topological polar surface area (TPSA) is 76.0 Å². The van der Waals surface area contributed by atoms with Gasteiger partial charge in [0.25, 0.3) is 0 Å². The van der Waals surface area contributed by atoms with E-state index in [2.05, 4.69) is 15.1 Å². The number of rotatable bonds is 6. The van der Waals surface area contributed by atoms with Crippen LogP contribution in [-0.2, 0) is 23.6 Å². The Hall–Kier alpha value is -1.93. The van der Waals surface area contributed by atoms with Gasteiger partial charge in [-0.2, -0.15) is 5.10 Å². The Labute approximate surface area is 134 Å². The molecule has 0 unspecified atom stereocenters. The highest BCUT2D eigenvalue weighted by atomic mass is 32.2. The van der Waals surface area contributed by atoms with Crippen molar-refractivity contribution in [3.8, 4) is 0 Å². The minimum absolute atomic E-state index is 0.362. The molecule has 2 aromatic rings. The molecule has 1 heterocycles. The van der Waals surface area contributed by atoms with Gasteiger partial charge in [-0.05, 0) is 38.1 Å². The second kappa shape index (κ2) is 5.93. The molecule has 1 aliphatic rings. The van der Waals surface area contributed by atoms with Gasteiger partial charge in [0.1, 0.15) is 10.7 Å². The van der Waals surface area contributed by atoms with Crippen LogP contribution in [0.15, 0.2) is 29.3 Å². The van der Waals surface area contributed by atoms with Crippen LogP contribution in [0.2, 0.25) is 0 Å². The van der Waals surface area contributed by atoms with Crippen molar-refractivity contribution in [3.63, 3.8) is 0 Å². The molecule has 1 saturated carbocycles. The maximum absolute atomic E-state index is 13.7. The van der Waals surface area contributed by atoms with E-state index in [1.165, 1.54) is 37.7 Å². The van der Waals surface area contributed by atoms with Crippen molar-refractivity contribution in [3.05, 3.63) is 41.5 Å². The second-order valence-corrected chi connectivity index (χ2v) is 7.51. The molecule has 0 saturated heterocycles. The maximum atomic E-state index is 13.7. The first-order chi connectivity index (χ1) is 10.9. The molecule has 0 atom stereocenters. The van der Waals surface area contributed by atoms with Crippen LogP contribution in [0.3, 0.4) is 0 Å². The third-order valence-corrected chi connectivity index (χ3v) is 5.43. The third kappa shape index (κ3) is 3.23. The molecule has 0 amide bonds. The molecule has 124 valence electrons. The fraction of sp³-hybridized carbons (Fsp3) is 0.400. The molecular weight excluding hydrogens is 319 g/mol. The average molecular weight is 338 g/mol. The van der Waals surface area contributed by atoms with Crippen LogP contribution < -0.4 is 10.0 Å². The van der Waals surface area contributed by atoms with E-state index in [9.17, 15) is 12.8 Å². The number of hydrogen-bond donors (Lipinski definition) is 2. The summed E-state index contributed by atoms with van der Waals surface area (Å²) in [5.41, 5.74) is 2.84. The summed E-state index contributed by atoms with van der Waals surface area (Å²) < 4.78 is 41.4. The van der Waals surface area contributed by atoms with E-state index >= 15 is 0 Å². The molecule has 0 bridgehead atoms. The molecule has 0 spiro atoms. The van der Waals surface area contributed by atoms with E-state index in [-0.39, 0.29) is 4.90 Å². The molecule has 2 N–H and O–H groups in total. The summed E-state index contributed by atoms with van der Waals surface area (Å²) >= 11 is 0. The maximum Gasteiger partial charge on any atom is 0.243 e. The smallest absolute Gasteiger partial charge is 0.243 e. The van der Waals surface area contributed by atoms with E-state index in [0.717, 1.165) is 11.6 Å². The quantitative estimate of drug-likeness (QED) is 0.844. The molecule has 23 heavy (non-hydrogen) atoms. The minimum Gasteiger partial charge on any atom is -0.381 e. The highest BCUT2D eigenvalue weighted by molar-refractivity contribution is 7.89. The van der Waals surface area contributed by atoms with Gasteiger partial charge < -0.3 is 5.32 Å². The lowest BCUT2D eigenvalue weighted by atomic mass is 10.1. The summed E-state index contributed by atoms with van der Waals surface area (Å²) in [4.78, 5) is -0.362. The fourth-order valence-electron chi connectivity index (χ4n) is 2.64. The summed E-state index contributed by atoms with van der Waals surface area (Å²) in [6, 6.07) is 3.98. The molecule has 0 radical (unpaired) electrons. The van der Waals surface area contributed by atoms with E-state index < -0.39 is 15.8 Å².